The van der Waals surface area contributed by atoms with Gasteiger partial charge in [-0.2, -0.15) is 0 Å². The number of rotatable bonds is 6. The number of aliphatic hydroxyl groups is 3. The molecule has 11 atom stereocenters. The van der Waals surface area contributed by atoms with E-state index in [1.807, 2.05) is 6.92 Å². The fourth-order valence-corrected chi connectivity index (χ4v) is 10.3. The number of carbonyl (C=O) groups is 3. The van der Waals surface area contributed by atoms with Gasteiger partial charge in [-0.15, -0.1) is 0 Å². The maximum absolute atomic E-state index is 13.3. The number of methoxy groups -OCH3 is 1. The van der Waals surface area contributed by atoms with Gasteiger partial charge in [-0.25, -0.2) is 0 Å². The number of esters is 1. The van der Waals surface area contributed by atoms with Crippen LogP contribution in [0.15, 0.2) is 0 Å². The lowest BCUT2D eigenvalue weighted by atomic mass is 9.36. The Balaban J connectivity index is 1.73. The number of hydrogen-bond acceptors (Lipinski definition) is 7. The summed E-state index contributed by atoms with van der Waals surface area (Å²) in [6, 6.07) is 0. The summed E-state index contributed by atoms with van der Waals surface area (Å²) in [5, 5.41) is 34.2. The van der Waals surface area contributed by atoms with Crippen molar-refractivity contribution in [2.75, 3.05) is 7.11 Å². The third kappa shape index (κ3) is 3.66. The lowest BCUT2D eigenvalue weighted by Crippen LogP contribution is -2.69. The zero-order valence-corrected chi connectivity index (χ0v) is 22.8. The predicted molar refractivity (Wildman–Crippen MR) is 134 cm³/mol. The van der Waals surface area contributed by atoms with Crippen LogP contribution in [0, 0.1) is 51.8 Å². The highest BCUT2D eigenvalue weighted by Gasteiger charge is 2.72. The molecule has 0 heterocycles. The Hall–Kier alpha value is -1.31. The van der Waals surface area contributed by atoms with E-state index in [-0.39, 0.29) is 59.5 Å². The Morgan fingerprint density at radius 3 is 2.19 bits per heavy atom. The average Bonchev–Trinajstić information content (AvgIpc) is 3.16. The van der Waals surface area contributed by atoms with E-state index in [9.17, 15) is 29.7 Å². The summed E-state index contributed by atoms with van der Waals surface area (Å²) >= 11 is 0. The quantitative estimate of drug-likeness (QED) is 0.373. The van der Waals surface area contributed by atoms with Gasteiger partial charge in [0, 0.05) is 6.42 Å². The van der Waals surface area contributed by atoms with Gasteiger partial charge < -0.3 is 20.1 Å². The molecule has 0 amide bonds. The molecule has 4 aliphatic carbocycles. The van der Waals surface area contributed by atoms with Gasteiger partial charge in [0.1, 0.15) is 11.6 Å². The molecule has 7 nitrogen and oxygen atoms in total. The second kappa shape index (κ2) is 9.46. The molecule has 4 rings (SSSR count). The lowest BCUT2D eigenvalue weighted by molar-refractivity contribution is -0.239. The normalized spacial score (nSPS) is 46.1. The van der Waals surface area contributed by atoms with E-state index in [1.165, 1.54) is 21.0 Å². The zero-order chi connectivity index (χ0) is 26.8. The SMILES string of the molecule is COC(=O)CC[C@@H](C)[C@H]1CC[C@H]2[C@@H]3[C@H](O)C[C@@H]4C[C@H](O)CC(C(C)=O)(C(C)=O)[C@]4(C)[C@H]3C[C@H](O)[C@]12C. The largest absolute Gasteiger partial charge is 0.469 e. The van der Waals surface area contributed by atoms with Crippen molar-refractivity contribution in [2.45, 2.75) is 104 Å². The molecule has 7 heteroatoms. The monoisotopic (exact) mass is 506 g/mol. The molecule has 36 heavy (non-hydrogen) atoms. The summed E-state index contributed by atoms with van der Waals surface area (Å²) in [5.41, 5.74) is -2.45. The average molecular weight is 507 g/mol. The van der Waals surface area contributed by atoms with E-state index in [0.29, 0.717) is 32.1 Å². The minimum atomic E-state index is -1.31. The number of fused-ring (bicyclic) bond motifs is 5. The van der Waals surface area contributed by atoms with Crippen LogP contribution in [0.25, 0.3) is 0 Å². The van der Waals surface area contributed by atoms with Gasteiger partial charge in [-0.05, 0) is 105 Å². The highest BCUT2D eigenvalue weighted by atomic mass is 16.5. The van der Waals surface area contributed by atoms with Crippen LogP contribution in [0.5, 0.6) is 0 Å². The number of hydrogen-bond donors (Lipinski definition) is 3. The van der Waals surface area contributed by atoms with E-state index in [2.05, 4.69) is 13.8 Å². The van der Waals surface area contributed by atoms with Crippen LogP contribution in [0.2, 0.25) is 0 Å². The molecule has 4 saturated carbocycles. The first kappa shape index (κ1) is 27.7. The van der Waals surface area contributed by atoms with Crippen molar-refractivity contribution in [1.82, 2.24) is 0 Å². The smallest absolute Gasteiger partial charge is 0.305 e. The minimum absolute atomic E-state index is 0.0630. The Bertz CT molecular complexity index is 886. The van der Waals surface area contributed by atoms with E-state index < -0.39 is 34.6 Å². The number of carbonyl (C=O) groups excluding carboxylic acids is 3. The molecule has 0 spiro atoms. The van der Waals surface area contributed by atoms with Crippen molar-refractivity contribution in [2.24, 2.45) is 51.8 Å². The first-order valence-electron chi connectivity index (χ1n) is 13.9. The van der Waals surface area contributed by atoms with Crippen LogP contribution >= 0.6 is 0 Å². The third-order valence-electron chi connectivity index (χ3n) is 12.0. The summed E-state index contributed by atoms with van der Waals surface area (Å²) in [6.07, 6.45) is 2.31. The number of Topliss-reactive ketones (excluding diaryl/α,β-unsaturated/α-hetero) is 2. The predicted octanol–water partition coefficient (Wildman–Crippen LogP) is 3.31. The summed E-state index contributed by atoms with van der Waals surface area (Å²) < 4.78 is 4.83. The van der Waals surface area contributed by atoms with Crippen LogP contribution in [-0.2, 0) is 19.1 Å². The van der Waals surface area contributed by atoms with Gasteiger partial charge in [0.05, 0.1) is 30.8 Å². The van der Waals surface area contributed by atoms with E-state index in [1.54, 1.807) is 0 Å². The summed E-state index contributed by atoms with van der Waals surface area (Å²) in [7, 11) is 1.40. The third-order valence-corrected chi connectivity index (χ3v) is 12.0. The number of aliphatic hydroxyl groups excluding tert-OH is 3. The topological polar surface area (TPSA) is 121 Å². The first-order chi connectivity index (χ1) is 16.8. The molecule has 4 fully saturated rings. The van der Waals surface area contributed by atoms with Crippen LogP contribution in [0.4, 0.5) is 0 Å². The van der Waals surface area contributed by atoms with E-state index in [0.717, 1.165) is 12.8 Å². The van der Waals surface area contributed by atoms with Crippen molar-refractivity contribution in [3.8, 4) is 0 Å². The fourth-order valence-electron chi connectivity index (χ4n) is 10.3. The van der Waals surface area contributed by atoms with Crippen LogP contribution < -0.4 is 0 Å². The minimum Gasteiger partial charge on any atom is -0.469 e. The van der Waals surface area contributed by atoms with Crippen molar-refractivity contribution in [3.63, 3.8) is 0 Å². The molecule has 0 bridgehead atoms. The summed E-state index contributed by atoms with van der Waals surface area (Å²) in [5.74, 6) is -0.635. The van der Waals surface area contributed by atoms with Crippen molar-refractivity contribution >= 4 is 17.5 Å². The van der Waals surface area contributed by atoms with Crippen LogP contribution in [0.1, 0.15) is 86.0 Å². The molecular formula is C29H46O7. The number of ketones is 2. The highest BCUT2D eigenvalue weighted by Crippen LogP contribution is 2.71. The van der Waals surface area contributed by atoms with Crippen molar-refractivity contribution in [1.29, 1.82) is 0 Å². The van der Waals surface area contributed by atoms with Crippen molar-refractivity contribution in [3.05, 3.63) is 0 Å². The Morgan fingerprint density at radius 1 is 0.972 bits per heavy atom. The standard InChI is InChI=1S/C29H46O7/c1-15(7-10-25(35)36-6)20-8-9-21-26-22(13-24(34)27(20,21)4)28(5)18(12-23(26)33)11-19(32)14-29(28,16(2)30)17(3)31/h15,18-24,26,32-34H,7-14H2,1-6H3/t15-,18+,19+,20-,21+,22+,23-,24+,26+,27-,28+/m1/s1. The van der Waals surface area contributed by atoms with Gasteiger partial charge in [0.15, 0.2) is 0 Å². The second-order valence-corrected chi connectivity index (χ2v) is 13.1. The second-order valence-electron chi connectivity index (χ2n) is 13.1. The maximum atomic E-state index is 13.3. The maximum Gasteiger partial charge on any atom is 0.305 e. The Labute approximate surface area is 215 Å². The molecule has 0 saturated heterocycles. The molecule has 0 radical (unpaired) electrons. The summed E-state index contributed by atoms with van der Waals surface area (Å²) in [6.45, 7) is 9.28. The Morgan fingerprint density at radius 2 is 1.61 bits per heavy atom. The van der Waals surface area contributed by atoms with Gasteiger partial charge in [0.25, 0.3) is 0 Å². The van der Waals surface area contributed by atoms with Crippen LogP contribution in [0.3, 0.4) is 0 Å². The molecule has 0 aromatic rings. The fraction of sp³-hybridized carbons (Fsp3) is 0.897. The summed E-state index contributed by atoms with van der Waals surface area (Å²) in [4.78, 5) is 38.4. The van der Waals surface area contributed by atoms with E-state index in [4.69, 9.17) is 4.74 Å². The molecule has 4 aliphatic rings. The van der Waals surface area contributed by atoms with Crippen molar-refractivity contribution < 1.29 is 34.4 Å². The van der Waals surface area contributed by atoms with Gasteiger partial charge in [-0.3, -0.25) is 14.4 Å². The Kier molecular flexibility index (Phi) is 7.28. The van der Waals surface area contributed by atoms with E-state index >= 15 is 0 Å². The zero-order valence-electron chi connectivity index (χ0n) is 22.8. The molecular weight excluding hydrogens is 460 g/mol. The lowest BCUT2D eigenvalue weighted by Gasteiger charge is -2.67. The van der Waals surface area contributed by atoms with Gasteiger partial charge >= 0.3 is 5.97 Å². The first-order valence-corrected chi connectivity index (χ1v) is 13.9. The van der Waals surface area contributed by atoms with Gasteiger partial charge in [-0.1, -0.05) is 20.8 Å². The molecule has 0 aromatic heterocycles. The van der Waals surface area contributed by atoms with Gasteiger partial charge in [0.2, 0.25) is 0 Å². The molecule has 3 N–H and O–H groups in total. The highest BCUT2D eigenvalue weighted by molar-refractivity contribution is 6.06. The number of ether oxygens (including phenoxy) is 1. The molecule has 0 unspecified atom stereocenters. The molecule has 0 aromatic carbocycles. The molecule has 0 aliphatic heterocycles. The van der Waals surface area contributed by atoms with Crippen LogP contribution in [-0.4, -0.2) is 58.3 Å². The molecule has 204 valence electrons.